The molecule has 0 bridgehead atoms. The minimum atomic E-state index is 0.239. The molecule has 0 fully saturated rings. The van der Waals surface area contributed by atoms with Crippen LogP contribution in [0, 0.1) is 11.3 Å². The van der Waals surface area contributed by atoms with Gasteiger partial charge in [-0.3, -0.25) is 5.10 Å². The summed E-state index contributed by atoms with van der Waals surface area (Å²) >= 11 is 3.37. The molecule has 98 valence electrons. The van der Waals surface area contributed by atoms with E-state index in [2.05, 4.69) is 52.1 Å². The van der Waals surface area contributed by atoms with Crippen LogP contribution >= 0.6 is 15.9 Å². The van der Waals surface area contributed by atoms with Crippen LogP contribution in [0.15, 0.2) is 29.0 Å². The summed E-state index contributed by atoms with van der Waals surface area (Å²) in [6.07, 6.45) is 1.52. The fraction of sp³-hybridized carbons (Fsp3) is 0. The number of rotatable bonds is 3. The van der Waals surface area contributed by atoms with Crippen LogP contribution in [0.3, 0.4) is 0 Å². The highest BCUT2D eigenvalue weighted by atomic mass is 79.9. The predicted octanol–water partition coefficient (Wildman–Crippen LogP) is 1.82. The molecule has 20 heavy (non-hydrogen) atoms. The van der Waals surface area contributed by atoms with Gasteiger partial charge in [0.15, 0.2) is 0 Å². The number of anilines is 1. The van der Waals surface area contributed by atoms with Crippen molar-refractivity contribution >= 4 is 38.1 Å². The molecule has 0 spiro atoms. The van der Waals surface area contributed by atoms with E-state index >= 15 is 0 Å². The van der Waals surface area contributed by atoms with Crippen LogP contribution in [-0.2, 0) is 0 Å². The second kappa shape index (κ2) is 5.10. The summed E-state index contributed by atoms with van der Waals surface area (Å²) in [5.41, 5.74) is 1.89. The minimum Gasteiger partial charge on any atom is -0.360 e. The maximum Gasteiger partial charge on any atom is 0.216 e. The molecular formula is C11H7BrN8. The number of allylic oxidation sites excluding steroid dienone is 1. The van der Waals surface area contributed by atoms with Gasteiger partial charge in [0.05, 0.1) is 5.52 Å². The molecule has 0 saturated carbocycles. The number of aromatic nitrogens is 6. The minimum absolute atomic E-state index is 0.239. The quantitative estimate of drug-likeness (QED) is 0.630. The highest BCUT2D eigenvalue weighted by Gasteiger charge is 2.06. The van der Waals surface area contributed by atoms with E-state index in [1.165, 1.54) is 6.20 Å². The molecule has 3 aromatic rings. The van der Waals surface area contributed by atoms with E-state index < -0.39 is 0 Å². The zero-order chi connectivity index (χ0) is 13.9. The third kappa shape index (κ3) is 2.24. The number of hydrogen-bond acceptors (Lipinski definition) is 6. The summed E-state index contributed by atoms with van der Waals surface area (Å²) in [7, 11) is 0. The van der Waals surface area contributed by atoms with Gasteiger partial charge in [0, 0.05) is 17.3 Å². The van der Waals surface area contributed by atoms with Crippen LogP contribution in [0.5, 0.6) is 0 Å². The molecular weight excluding hydrogens is 324 g/mol. The van der Waals surface area contributed by atoms with E-state index in [4.69, 9.17) is 5.26 Å². The summed E-state index contributed by atoms with van der Waals surface area (Å²) in [5, 5.41) is 33.2. The molecule has 1 aromatic carbocycles. The molecule has 2 aromatic heterocycles. The van der Waals surface area contributed by atoms with Gasteiger partial charge in [-0.25, -0.2) is 0 Å². The van der Waals surface area contributed by atoms with Crippen molar-refractivity contribution < 1.29 is 0 Å². The van der Waals surface area contributed by atoms with Crippen LogP contribution in [0.1, 0.15) is 5.82 Å². The van der Waals surface area contributed by atoms with Crippen molar-refractivity contribution in [3.63, 3.8) is 0 Å². The number of nitriles is 1. The third-order valence-electron chi connectivity index (χ3n) is 2.60. The van der Waals surface area contributed by atoms with Crippen molar-refractivity contribution in [1.82, 2.24) is 30.8 Å². The number of nitrogens with zero attached hydrogens (tertiary/aromatic N) is 5. The first-order valence-corrected chi connectivity index (χ1v) is 6.31. The zero-order valence-corrected chi connectivity index (χ0v) is 11.5. The molecule has 0 unspecified atom stereocenters. The molecule has 0 amide bonds. The van der Waals surface area contributed by atoms with Crippen molar-refractivity contribution in [3.05, 3.63) is 34.8 Å². The Morgan fingerprint density at radius 2 is 2.30 bits per heavy atom. The standard InChI is InChI=1S/C11H7BrN8/c12-10-8-2-1-7(3-9(8)15-16-10)14-5-6(4-13)11-17-19-20-18-11/h1-3,5,14H,(H,15,16)(H,17,18,19,20). The van der Waals surface area contributed by atoms with Crippen LogP contribution in [-0.4, -0.2) is 30.8 Å². The van der Waals surface area contributed by atoms with Crippen molar-refractivity contribution in [2.24, 2.45) is 0 Å². The first-order valence-electron chi connectivity index (χ1n) is 5.52. The molecule has 0 radical (unpaired) electrons. The molecule has 0 saturated heterocycles. The zero-order valence-electron chi connectivity index (χ0n) is 9.92. The molecule has 9 heteroatoms. The summed E-state index contributed by atoms with van der Waals surface area (Å²) in [6, 6.07) is 7.66. The highest BCUT2D eigenvalue weighted by molar-refractivity contribution is 9.10. The van der Waals surface area contributed by atoms with Gasteiger partial charge in [0.2, 0.25) is 5.82 Å². The molecule has 0 aliphatic carbocycles. The van der Waals surface area contributed by atoms with Crippen molar-refractivity contribution in [1.29, 1.82) is 5.26 Å². The van der Waals surface area contributed by atoms with E-state index in [1.807, 2.05) is 24.3 Å². The monoisotopic (exact) mass is 330 g/mol. The second-order valence-electron chi connectivity index (χ2n) is 3.82. The summed E-state index contributed by atoms with van der Waals surface area (Å²) in [6.45, 7) is 0. The molecule has 0 atom stereocenters. The number of nitrogens with one attached hydrogen (secondary N) is 3. The van der Waals surface area contributed by atoms with E-state index in [1.54, 1.807) is 0 Å². The van der Waals surface area contributed by atoms with Gasteiger partial charge in [0.1, 0.15) is 16.2 Å². The fourth-order valence-corrected chi connectivity index (χ4v) is 2.07. The summed E-state index contributed by atoms with van der Waals surface area (Å²) < 4.78 is 0.833. The highest BCUT2D eigenvalue weighted by Crippen LogP contribution is 2.23. The van der Waals surface area contributed by atoms with E-state index in [9.17, 15) is 0 Å². The van der Waals surface area contributed by atoms with Crippen molar-refractivity contribution in [3.8, 4) is 6.07 Å². The van der Waals surface area contributed by atoms with Crippen LogP contribution in [0.4, 0.5) is 5.69 Å². The Kier molecular flexibility index (Phi) is 3.14. The number of hydrogen-bond donors (Lipinski definition) is 3. The van der Waals surface area contributed by atoms with Gasteiger partial charge in [-0.15, -0.1) is 10.2 Å². The lowest BCUT2D eigenvalue weighted by atomic mass is 10.2. The lowest BCUT2D eigenvalue weighted by Crippen LogP contribution is -1.92. The summed E-state index contributed by atoms with van der Waals surface area (Å²) in [4.78, 5) is 0. The van der Waals surface area contributed by atoms with E-state index in [0.717, 1.165) is 21.2 Å². The molecule has 0 aliphatic heterocycles. The summed E-state index contributed by atoms with van der Waals surface area (Å²) in [5.74, 6) is 0.239. The first-order chi connectivity index (χ1) is 9.78. The second-order valence-corrected chi connectivity index (χ2v) is 4.61. The van der Waals surface area contributed by atoms with Crippen LogP contribution in [0.25, 0.3) is 16.5 Å². The van der Waals surface area contributed by atoms with E-state index in [-0.39, 0.29) is 11.4 Å². The molecule has 2 heterocycles. The molecule has 8 nitrogen and oxygen atoms in total. The lowest BCUT2D eigenvalue weighted by molar-refractivity contribution is 0.881. The first kappa shape index (κ1) is 12.3. The average molecular weight is 331 g/mol. The number of halogens is 1. The molecule has 3 rings (SSSR count). The number of tetrazole rings is 1. The fourth-order valence-electron chi connectivity index (χ4n) is 1.65. The SMILES string of the molecule is N#CC(=CNc1ccc2c(Br)[nH]nc2c1)c1nn[nH]n1. The normalized spacial score (nSPS) is 11.5. The maximum absolute atomic E-state index is 9.05. The Morgan fingerprint density at radius 1 is 1.40 bits per heavy atom. The Balaban J connectivity index is 1.87. The van der Waals surface area contributed by atoms with Gasteiger partial charge in [0.25, 0.3) is 0 Å². The predicted molar refractivity (Wildman–Crippen MR) is 75.2 cm³/mol. The van der Waals surface area contributed by atoms with E-state index in [0.29, 0.717) is 0 Å². The average Bonchev–Trinajstić information content (AvgIpc) is 3.10. The Hall–Kier alpha value is -2.73. The van der Waals surface area contributed by atoms with Crippen molar-refractivity contribution in [2.45, 2.75) is 0 Å². The Bertz CT molecular complexity index is 811. The Labute approximate surface area is 121 Å². The van der Waals surface area contributed by atoms with Gasteiger partial charge < -0.3 is 5.32 Å². The van der Waals surface area contributed by atoms with Crippen LogP contribution in [0.2, 0.25) is 0 Å². The maximum atomic E-state index is 9.05. The van der Waals surface area contributed by atoms with Crippen LogP contribution < -0.4 is 5.32 Å². The molecule has 3 N–H and O–H groups in total. The van der Waals surface area contributed by atoms with Gasteiger partial charge in [-0.05, 0) is 39.3 Å². The van der Waals surface area contributed by atoms with Gasteiger partial charge >= 0.3 is 0 Å². The number of fused-ring (bicyclic) bond motifs is 1. The largest absolute Gasteiger partial charge is 0.360 e. The number of aromatic amines is 2. The molecule has 0 aliphatic rings. The van der Waals surface area contributed by atoms with Gasteiger partial charge in [-0.2, -0.15) is 15.6 Å². The Morgan fingerprint density at radius 3 is 3.05 bits per heavy atom. The smallest absolute Gasteiger partial charge is 0.216 e. The number of H-pyrrole nitrogens is 2. The van der Waals surface area contributed by atoms with Crippen molar-refractivity contribution in [2.75, 3.05) is 5.32 Å². The number of benzene rings is 1. The lowest BCUT2D eigenvalue weighted by Gasteiger charge is -2.00. The van der Waals surface area contributed by atoms with Gasteiger partial charge in [-0.1, -0.05) is 0 Å². The topological polar surface area (TPSA) is 119 Å². The third-order valence-corrected chi connectivity index (χ3v) is 3.20.